The van der Waals surface area contributed by atoms with Crippen LogP contribution in [0.1, 0.15) is 24.8 Å². The Hall–Kier alpha value is -1.91. The zero-order valence-corrected chi connectivity index (χ0v) is 11.3. The lowest BCUT2D eigenvalue weighted by molar-refractivity contribution is -0.125. The number of hydrogen-bond donors (Lipinski definition) is 0. The van der Waals surface area contributed by atoms with E-state index in [-0.39, 0.29) is 19.6 Å². The third kappa shape index (κ3) is 4.05. The number of nitrogens with zero attached hydrogens (tertiary/aromatic N) is 1. The van der Waals surface area contributed by atoms with Gasteiger partial charge in [0, 0.05) is 6.54 Å². The van der Waals surface area contributed by atoms with Gasteiger partial charge in [0.25, 0.3) is 0 Å². The number of carbonyl (C=O) groups excluding carboxylic acids is 2. The van der Waals surface area contributed by atoms with E-state index >= 15 is 0 Å². The summed E-state index contributed by atoms with van der Waals surface area (Å²) in [5, 5.41) is 0. The Labute approximate surface area is 117 Å². The van der Waals surface area contributed by atoms with Crippen molar-refractivity contribution in [1.82, 2.24) is 4.90 Å². The molecule has 1 amide bonds. The molecule has 1 atom stereocenters. The van der Waals surface area contributed by atoms with Crippen LogP contribution in [0.4, 0.5) is 9.18 Å². The fourth-order valence-electron chi connectivity index (χ4n) is 2.12. The van der Waals surface area contributed by atoms with Gasteiger partial charge in [-0.2, -0.15) is 0 Å². The van der Waals surface area contributed by atoms with Crippen molar-refractivity contribution in [2.45, 2.75) is 32.0 Å². The summed E-state index contributed by atoms with van der Waals surface area (Å²) in [5.41, 5.74) is 0.877. The van der Waals surface area contributed by atoms with Crippen molar-refractivity contribution in [3.8, 4) is 0 Å². The van der Waals surface area contributed by atoms with Crippen LogP contribution >= 0.6 is 0 Å². The quantitative estimate of drug-likeness (QED) is 0.836. The van der Waals surface area contributed by atoms with Gasteiger partial charge < -0.3 is 9.64 Å². The molecule has 20 heavy (non-hydrogen) atoms. The first-order valence-electron chi connectivity index (χ1n) is 6.79. The van der Waals surface area contributed by atoms with Crippen LogP contribution in [-0.4, -0.2) is 36.0 Å². The van der Waals surface area contributed by atoms with Crippen LogP contribution in [0.3, 0.4) is 0 Å². The summed E-state index contributed by atoms with van der Waals surface area (Å²) in [6.07, 6.45) is -0.467. The van der Waals surface area contributed by atoms with Crippen molar-refractivity contribution in [2.24, 2.45) is 0 Å². The fraction of sp³-hybridized carbons (Fsp3) is 0.467. The Balaban J connectivity index is 1.88. The molecule has 1 unspecified atom stereocenters. The monoisotopic (exact) mass is 279 g/mol. The number of likely N-dealkylation sites (tertiary alicyclic amines) is 1. The van der Waals surface area contributed by atoms with Gasteiger partial charge in [0.15, 0.2) is 12.0 Å². The molecule has 0 saturated carbocycles. The van der Waals surface area contributed by atoms with Gasteiger partial charge in [-0.1, -0.05) is 30.3 Å². The van der Waals surface area contributed by atoms with E-state index in [1.807, 2.05) is 30.3 Å². The summed E-state index contributed by atoms with van der Waals surface area (Å²) in [5.74, 6) is -0.540. The van der Waals surface area contributed by atoms with Crippen molar-refractivity contribution >= 4 is 11.9 Å². The first-order valence-corrected chi connectivity index (χ1v) is 6.79. The number of rotatable bonds is 2. The highest BCUT2D eigenvalue weighted by atomic mass is 19.1. The van der Waals surface area contributed by atoms with E-state index in [2.05, 4.69) is 0 Å². The topological polar surface area (TPSA) is 46.6 Å². The molecule has 0 aliphatic carbocycles. The summed E-state index contributed by atoms with van der Waals surface area (Å²) >= 11 is 0. The number of alkyl halides is 1. The molecule has 0 bridgehead atoms. The second kappa shape index (κ2) is 7.03. The standard InChI is InChI=1S/C15H18FNO3/c16-13-8-4-5-9-17(10-14(13)18)15(19)20-11-12-6-2-1-3-7-12/h1-3,6-7,13H,4-5,8-11H2. The van der Waals surface area contributed by atoms with E-state index in [4.69, 9.17) is 4.74 Å². The third-order valence-electron chi connectivity index (χ3n) is 3.29. The van der Waals surface area contributed by atoms with E-state index in [1.54, 1.807) is 0 Å². The smallest absolute Gasteiger partial charge is 0.410 e. The Kier molecular flexibility index (Phi) is 5.09. The molecule has 1 aromatic carbocycles. The molecule has 4 nitrogen and oxygen atoms in total. The van der Waals surface area contributed by atoms with Crippen LogP contribution in [0.25, 0.3) is 0 Å². The molecular weight excluding hydrogens is 261 g/mol. The number of ether oxygens (including phenoxy) is 1. The van der Waals surface area contributed by atoms with Crippen LogP contribution in [0.2, 0.25) is 0 Å². The molecule has 1 fully saturated rings. The van der Waals surface area contributed by atoms with E-state index < -0.39 is 18.0 Å². The van der Waals surface area contributed by atoms with E-state index in [9.17, 15) is 14.0 Å². The lowest BCUT2D eigenvalue weighted by Crippen LogP contribution is -2.40. The first-order chi connectivity index (χ1) is 9.66. The predicted molar refractivity (Wildman–Crippen MR) is 72.0 cm³/mol. The minimum atomic E-state index is -1.46. The molecule has 0 N–H and O–H groups in total. The number of ketones is 1. The predicted octanol–water partition coefficient (Wildman–Crippen LogP) is 2.72. The van der Waals surface area contributed by atoms with Crippen LogP contribution in [0, 0.1) is 0 Å². The largest absolute Gasteiger partial charge is 0.445 e. The molecule has 5 heteroatoms. The third-order valence-corrected chi connectivity index (χ3v) is 3.29. The highest BCUT2D eigenvalue weighted by molar-refractivity contribution is 5.87. The van der Waals surface area contributed by atoms with Gasteiger partial charge in [0.2, 0.25) is 0 Å². The summed E-state index contributed by atoms with van der Waals surface area (Å²) in [7, 11) is 0. The highest BCUT2D eigenvalue weighted by Gasteiger charge is 2.26. The summed E-state index contributed by atoms with van der Waals surface area (Å²) in [6, 6.07) is 9.30. The zero-order chi connectivity index (χ0) is 14.4. The number of carbonyl (C=O) groups is 2. The molecular formula is C15H18FNO3. The van der Waals surface area contributed by atoms with E-state index in [0.717, 1.165) is 5.56 Å². The zero-order valence-electron chi connectivity index (χ0n) is 11.3. The van der Waals surface area contributed by atoms with Gasteiger partial charge in [-0.3, -0.25) is 4.79 Å². The number of Topliss-reactive ketones (excluding diaryl/α,β-unsaturated/α-hetero) is 1. The number of hydrogen-bond acceptors (Lipinski definition) is 3. The number of benzene rings is 1. The normalized spacial score (nSPS) is 20.1. The summed E-state index contributed by atoms with van der Waals surface area (Å²) < 4.78 is 18.5. The lowest BCUT2D eigenvalue weighted by atomic mass is 10.1. The maximum absolute atomic E-state index is 13.4. The van der Waals surface area contributed by atoms with Crippen LogP contribution in [0.15, 0.2) is 30.3 Å². The molecule has 1 heterocycles. The first kappa shape index (κ1) is 14.5. The van der Waals surface area contributed by atoms with Gasteiger partial charge in [-0.05, 0) is 24.8 Å². The lowest BCUT2D eigenvalue weighted by Gasteiger charge is -2.24. The summed E-state index contributed by atoms with van der Waals surface area (Å²) in [6.45, 7) is 0.393. The Morgan fingerprint density at radius 1 is 1.30 bits per heavy atom. The average Bonchev–Trinajstić information content (AvgIpc) is 2.46. The van der Waals surface area contributed by atoms with Gasteiger partial charge in [-0.25, -0.2) is 9.18 Å². The van der Waals surface area contributed by atoms with Crippen molar-refractivity contribution in [1.29, 1.82) is 0 Å². The molecule has 0 radical (unpaired) electrons. The number of halogens is 1. The van der Waals surface area contributed by atoms with Crippen molar-refractivity contribution < 1.29 is 18.7 Å². The Morgan fingerprint density at radius 3 is 2.80 bits per heavy atom. The molecule has 2 rings (SSSR count). The van der Waals surface area contributed by atoms with Crippen LogP contribution in [-0.2, 0) is 16.1 Å². The maximum Gasteiger partial charge on any atom is 0.410 e. The molecule has 108 valence electrons. The minimum Gasteiger partial charge on any atom is -0.445 e. The average molecular weight is 279 g/mol. The van der Waals surface area contributed by atoms with Crippen molar-refractivity contribution in [3.63, 3.8) is 0 Å². The van der Waals surface area contributed by atoms with Gasteiger partial charge >= 0.3 is 6.09 Å². The number of amides is 1. The van der Waals surface area contributed by atoms with E-state index in [1.165, 1.54) is 4.90 Å². The second-order valence-corrected chi connectivity index (χ2v) is 4.89. The van der Waals surface area contributed by atoms with Crippen molar-refractivity contribution in [2.75, 3.05) is 13.1 Å². The Morgan fingerprint density at radius 2 is 2.05 bits per heavy atom. The maximum atomic E-state index is 13.4. The second-order valence-electron chi connectivity index (χ2n) is 4.89. The molecule has 1 aliphatic rings. The minimum absolute atomic E-state index is 0.156. The molecule has 0 spiro atoms. The fourth-order valence-corrected chi connectivity index (χ4v) is 2.12. The SMILES string of the molecule is O=C1CN(C(=O)OCc2ccccc2)CCCCC1F. The molecule has 1 aliphatic heterocycles. The van der Waals surface area contributed by atoms with Gasteiger partial charge in [-0.15, -0.1) is 0 Å². The summed E-state index contributed by atoms with van der Waals surface area (Å²) in [4.78, 5) is 24.7. The highest BCUT2D eigenvalue weighted by Crippen LogP contribution is 2.13. The van der Waals surface area contributed by atoms with Gasteiger partial charge in [0.1, 0.15) is 6.61 Å². The van der Waals surface area contributed by atoms with Crippen LogP contribution < -0.4 is 0 Å². The molecule has 1 aromatic rings. The Bertz CT molecular complexity index is 463. The van der Waals surface area contributed by atoms with E-state index in [0.29, 0.717) is 19.4 Å². The molecule has 1 saturated heterocycles. The van der Waals surface area contributed by atoms with Crippen molar-refractivity contribution in [3.05, 3.63) is 35.9 Å². The van der Waals surface area contributed by atoms with Crippen LogP contribution in [0.5, 0.6) is 0 Å². The molecule has 0 aromatic heterocycles. The van der Waals surface area contributed by atoms with Gasteiger partial charge in [0.05, 0.1) is 6.54 Å².